The number of hydrogen-bond donors (Lipinski definition) is 0. The molecule has 0 aliphatic heterocycles. The van der Waals surface area contributed by atoms with Crippen molar-refractivity contribution in [2.24, 2.45) is 0 Å². The molecule has 62 valence electrons. The molecule has 0 unspecified atom stereocenters. The van der Waals surface area contributed by atoms with Crippen LogP contribution in [-0.2, 0) is 0 Å². The molecule has 2 nitrogen and oxygen atoms in total. The van der Waals surface area contributed by atoms with Crippen LogP contribution in [0.1, 0.15) is 5.69 Å². The molecule has 0 saturated carbocycles. The summed E-state index contributed by atoms with van der Waals surface area (Å²) in [5.74, 6) is 6.57. The lowest BCUT2D eigenvalue weighted by atomic mass is 10.3. The Hall–Kier alpha value is -1.20. The highest BCUT2D eigenvalue weighted by molar-refractivity contribution is 6.19. The van der Waals surface area contributed by atoms with Crippen LogP contribution in [0.25, 0.3) is 0 Å². The molecule has 0 aromatic carbocycles. The second kappa shape index (κ2) is 4.63. The van der Waals surface area contributed by atoms with Crippen LogP contribution in [0, 0.1) is 11.8 Å². The number of hydrogen-bond acceptors (Lipinski definition) is 2. The summed E-state index contributed by atoms with van der Waals surface area (Å²) in [5, 5.41) is 0. The van der Waals surface area contributed by atoms with Crippen LogP contribution in [-0.4, -0.2) is 18.0 Å². The maximum Gasteiger partial charge on any atom is 0.137 e. The largest absolute Gasteiger partial charge is 0.495 e. The summed E-state index contributed by atoms with van der Waals surface area (Å²) < 4.78 is 4.94. The van der Waals surface area contributed by atoms with E-state index in [0.29, 0.717) is 11.6 Å². The highest BCUT2D eigenvalue weighted by atomic mass is 35.5. The Morgan fingerprint density at radius 2 is 2.42 bits per heavy atom. The van der Waals surface area contributed by atoms with E-state index in [1.54, 1.807) is 19.4 Å². The zero-order chi connectivity index (χ0) is 8.81. The zero-order valence-electron chi connectivity index (χ0n) is 6.67. The van der Waals surface area contributed by atoms with Crippen LogP contribution in [0.5, 0.6) is 5.75 Å². The van der Waals surface area contributed by atoms with Crippen molar-refractivity contribution in [1.82, 2.24) is 4.98 Å². The van der Waals surface area contributed by atoms with E-state index in [1.807, 2.05) is 6.07 Å². The first-order chi connectivity index (χ1) is 5.86. The predicted octanol–water partition coefficient (Wildman–Crippen LogP) is 1.68. The van der Waals surface area contributed by atoms with Gasteiger partial charge in [-0.1, -0.05) is 5.92 Å². The summed E-state index contributed by atoms with van der Waals surface area (Å²) in [6.07, 6.45) is 1.62. The van der Waals surface area contributed by atoms with Gasteiger partial charge < -0.3 is 4.74 Å². The average Bonchev–Trinajstić information content (AvgIpc) is 2.15. The van der Waals surface area contributed by atoms with Gasteiger partial charge in [-0.2, -0.15) is 0 Å². The Balaban J connectivity index is 2.78. The molecule has 0 amide bonds. The second-order valence-corrected chi connectivity index (χ2v) is 2.29. The monoisotopic (exact) mass is 181 g/mol. The third kappa shape index (κ3) is 2.44. The lowest BCUT2D eigenvalue weighted by molar-refractivity contribution is 0.413. The number of methoxy groups -OCH3 is 1. The lowest BCUT2D eigenvalue weighted by Gasteiger charge is -1.96. The van der Waals surface area contributed by atoms with Gasteiger partial charge in [0.25, 0.3) is 0 Å². The summed E-state index contributed by atoms with van der Waals surface area (Å²) in [7, 11) is 1.60. The molecule has 1 aromatic rings. The maximum absolute atomic E-state index is 5.38. The first-order valence-electron chi connectivity index (χ1n) is 3.41. The Labute approximate surface area is 76.5 Å². The minimum atomic E-state index is 0.327. The third-order valence-electron chi connectivity index (χ3n) is 1.26. The number of nitrogens with zero attached hydrogens (tertiary/aromatic N) is 1. The van der Waals surface area contributed by atoms with Gasteiger partial charge in [0.1, 0.15) is 11.4 Å². The highest BCUT2D eigenvalue weighted by Gasteiger charge is 1.90. The molecule has 0 bridgehead atoms. The summed E-state index contributed by atoms with van der Waals surface area (Å²) in [4.78, 5) is 4.03. The molecule has 1 rings (SSSR count). The van der Waals surface area contributed by atoms with Gasteiger partial charge in [-0.15, -0.1) is 11.6 Å². The minimum absolute atomic E-state index is 0.327. The highest BCUT2D eigenvalue weighted by Crippen LogP contribution is 2.06. The Kier molecular flexibility index (Phi) is 3.43. The van der Waals surface area contributed by atoms with E-state index < -0.39 is 0 Å². The van der Waals surface area contributed by atoms with E-state index in [4.69, 9.17) is 16.3 Å². The fourth-order valence-electron chi connectivity index (χ4n) is 0.699. The molecule has 0 saturated heterocycles. The molecule has 1 aromatic heterocycles. The van der Waals surface area contributed by atoms with Crippen molar-refractivity contribution in [3.63, 3.8) is 0 Å². The standard InChI is InChI=1S/C9H8ClNO/c1-12-9-5-4-8(11-7-9)3-2-6-10/h4-5,7H,6H2,1H3. The smallest absolute Gasteiger partial charge is 0.137 e. The van der Waals surface area contributed by atoms with E-state index in [1.165, 1.54) is 0 Å². The van der Waals surface area contributed by atoms with Gasteiger partial charge in [-0.25, -0.2) is 4.98 Å². The van der Waals surface area contributed by atoms with E-state index in [2.05, 4.69) is 16.8 Å². The normalized spacial score (nSPS) is 8.50. The number of rotatable bonds is 1. The average molecular weight is 182 g/mol. The number of aromatic nitrogens is 1. The number of alkyl halides is 1. The molecule has 0 fully saturated rings. The molecule has 12 heavy (non-hydrogen) atoms. The van der Waals surface area contributed by atoms with E-state index in [9.17, 15) is 0 Å². The fourth-order valence-corrected chi connectivity index (χ4v) is 0.766. The quantitative estimate of drug-likeness (QED) is 0.486. The summed E-state index contributed by atoms with van der Waals surface area (Å²) >= 11 is 5.38. The first kappa shape index (κ1) is 8.89. The molecular formula is C9H8ClNO. The van der Waals surface area contributed by atoms with Gasteiger partial charge in [0.15, 0.2) is 0 Å². The Bertz CT molecular complexity index is 297. The van der Waals surface area contributed by atoms with Crippen molar-refractivity contribution < 1.29 is 4.74 Å². The number of halogens is 1. The summed E-state index contributed by atoms with van der Waals surface area (Å²) in [6, 6.07) is 3.60. The molecule has 3 heteroatoms. The van der Waals surface area contributed by atoms with E-state index in [0.717, 1.165) is 5.75 Å². The second-order valence-electron chi connectivity index (χ2n) is 2.02. The summed E-state index contributed by atoms with van der Waals surface area (Å²) in [5.41, 5.74) is 0.705. The van der Waals surface area contributed by atoms with Crippen LogP contribution in [0.2, 0.25) is 0 Å². The van der Waals surface area contributed by atoms with Crippen LogP contribution in [0.4, 0.5) is 0 Å². The van der Waals surface area contributed by atoms with E-state index >= 15 is 0 Å². The SMILES string of the molecule is COc1ccc(C#CCCl)nc1. The van der Waals surface area contributed by atoms with Gasteiger partial charge >= 0.3 is 0 Å². The van der Waals surface area contributed by atoms with Crippen LogP contribution >= 0.6 is 11.6 Å². The van der Waals surface area contributed by atoms with Crippen molar-refractivity contribution in [2.75, 3.05) is 13.0 Å². The van der Waals surface area contributed by atoms with E-state index in [-0.39, 0.29) is 0 Å². The van der Waals surface area contributed by atoms with Crippen molar-refractivity contribution in [1.29, 1.82) is 0 Å². The molecule has 0 N–H and O–H groups in total. The van der Waals surface area contributed by atoms with Gasteiger partial charge in [-0.3, -0.25) is 0 Å². The predicted molar refractivity (Wildman–Crippen MR) is 48.4 cm³/mol. The number of pyridine rings is 1. The minimum Gasteiger partial charge on any atom is -0.495 e. The van der Waals surface area contributed by atoms with Gasteiger partial charge in [-0.05, 0) is 18.1 Å². The molecule has 0 atom stereocenters. The molecule has 0 radical (unpaired) electrons. The van der Waals surface area contributed by atoms with Crippen molar-refractivity contribution in [3.05, 3.63) is 24.0 Å². The maximum atomic E-state index is 5.38. The molecular weight excluding hydrogens is 174 g/mol. The van der Waals surface area contributed by atoms with Crippen molar-refractivity contribution >= 4 is 11.6 Å². The van der Waals surface area contributed by atoms with Gasteiger partial charge in [0.2, 0.25) is 0 Å². The van der Waals surface area contributed by atoms with Crippen molar-refractivity contribution in [3.8, 4) is 17.6 Å². The topological polar surface area (TPSA) is 22.1 Å². The number of ether oxygens (including phenoxy) is 1. The molecule has 1 heterocycles. The zero-order valence-corrected chi connectivity index (χ0v) is 7.43. The van der Waals surface area contributed by atoms with Crippen LogP contribution in [0.15, 0.2) is 18.3 Å². The van der Waals surface area contributed by atoms with Gasteiger partial charge in [0.05, 0.1) is 19.2 Å². The first-order valence-corrected chi connectivity index (χ1v) is 3.95. The Morgan fingerprint density at radius 3 is 2.92 bits per heavy atom. The fraction of sp³-hybridized carbons (Fsp3) is 0.222. The lowest BCUT2D eigenvalue weighted by Crippen LogP contribution is -1.85. The molecule has 0 aliphatic carbocycles. The summed E-state index contributed by atoms with van der Waals surface area (Å²) in [6.45, 7) is 0. The van der Waals surface area contributed by atoms with Crippen LogP contribution < -0.4 is 4.74 Å². The van der Waals surface area contributed by atoms with Crippen molar-refractivity contribution in [2.45, 2.75) is 0 Å². The molecule has 0 aliphatic rings. The Morgan fingerprint density at radius 1 is 1.58 bits per heavy atom. The van der Waals surface area contributed by atoms with Gasteiger partial charge in [0, 0.05) is 0 Å². The van der Waals surface area contributed by atoms with Crippen LogP contribution in [0.3, 0.4) is 0 Å². The molecule has 0 spiro atoms. The third-order valence-corrected chi connectivity index (χ3v) is 1.39.